The lowest BCUT2D eigenvalue weighted by Gasteiger charge is -2.50. The van der Waals surface area contributed by atoms with Crippen molar-refractivity contribution in [3.63, 3.8) is 0 Å². The van der Waals surface area contributed by atoms with Crippen LogP contribution in [0.2, 0.25) is 0 Å². The topological polar surface area (TPSA) is 157 Å². The molecule has 13 heteroatoms. The van der Waals surface area contributed by atoms with Gasteiger partial charge in [0.25, 0.3) is 0 Å². The summed E-state index contributed by atoms with van der Waals surface area (Å²) in [6.07, 6.45) is 7.66. The summed E-state index contributed by atoms with van der Waals surface area (Å²) in [7, 11) is 1.65. The van der Waals surface area contributed by atoms with Gasteiger partial charge in [-0.25, -0.2) is 14.6 Å². The third-order valence-corrected chi connectivity index (χ3v) is 20.6. The van der Waals surface area contributed by atoms with E-state index in [1.165, 1.54) is 0 Å². The average Bonchev–Trinajstić information content (AvgIpc) is 3.89. The second kappa shape index (κ2) is 27.5. The number of H-pyrrole nitrogens is 1. The first kappa shape index (κ1) is 69.1. The van der Waals surface area contributed by atoms with Crippen molar-refractivity contribution >= 4 is 53.2 Å². The zero-order valence-corrected chi connectivity index (χ0v) is 55.9. The van der Waals surface area contributed by atoms with Crippen LogP contribution in [-0.2, 0) is 33.3 Å². The predicted octanol–water partition coefficient (Wildman–Crippen LogP) is 16.4. The van der Waals surface area contributed by atoms with Gasteiger partial charge >= 0.3 is 11.9 Å². The fourth-order valence-corrected chi connectivity index (χ4v) is 14.7. The number of aliphatic imine (C=N–C) groups is 1. The minimum absolute atomic E-state index is 0.0816. The number of aromatic nitrogens is 1. The van der Waals surface area contributed by atoms with Gasteiger partial charge < -0.3 is 34.6 Å². The van der Waals surface area contributed by atoms with Crippen LogP contribution >= 0.6 is 11.8 Å². The van der Waals surface area contributed by atoms with E-state index in [4.69, 9.17) is 23.9 Å². The summed E-state index contributed by atoms with van der Waals surface area (Å²) >= 11 is 1.56. The number of anilines is 1. The van der Waals surface area contributed by atoms with E-state index < -0.39 is 22.1 Å². The van der Waals surface area contributed by atoms with Crippen LogP contribution in [0.15, 0.2) is 21.8 Å². The molecule has 0 aromatic carbocycles. The summed E-state index contributed by atoms with van der Waals surface area (Å²) in [6.45, 7) is 52.7. The van der Waals surface area contributed by atoms with Gasteiger partial charge in [0, 0.05) is 47.6 Å². The minimum atomic E-state index is -0.852. The SMILES string of the molecule is CCC(CC)(CC)C(=O)NC1=NC(=Cc2[nH]c(NC(=O)C(CC)(CC)SCCOC(C)COC)c(C(=O)OC3C(C(C)(C)C)CC(C)CC3C(C)(C)C)c2C(C)C)C(C(C)C)=C1C(=O)OC1C(C(C)(C)C)CC(C)CC1C(C)(C)C. The van der Waals surface area contributed by atoms with Gasteiger partial charge in [-0.1, -0.05) is 159 Å². The molecule has 4 rings (SSSR count). The lowest BCUT2D eigenvalue weighted by Crippen LogP contribution is -2.50. The molecular formula is C67H114N4O8S. The van der Waals surface area contributed by atoms with E-state index in [1.807, 2.05) is 75.3 Å². The highest BCUT2D eigenvalue weighted by Crippen LogP contribution is 2.52. The highest BCUT2D eigenvalue weighted by Gasteiger charge is 2.51. The van der Waals surface area contributed by atoms with Crippen LogP contribution in [0.25, 0.3) is 6.08 Å². The maximum absolute atomic E-state index is 15.7. The maximum atomic E-state index is 15.7. The molecule has 12 nitrogen and oxygen atoms in total. The third-order valence-electron chi connectivity index (χ3n) is 18.9. The van der Waals surface area contributed by atoms with E-state index in [1.54, 1.807) is 18.9 Å². The number of aromatic amines is 1. The van der Waals surface area contributed by atoms with Gasteiger partial charge in [-0.05, 0) is 127 Å². The van der Waals surface area contributed by atoms with Crippen molar-refractivity contribution in [2.45, 2.75) is 253 Å². The Morgan fingerprint density at radius 1 is 0.650 bits per heavy atom. The molecule has 2 amide bonds. The van der Waals surface area contributed by atoms with Crippen LogP contribution in [-0.4, -0.2) is 83.7 Å². The van der Waals surface area contributed by atoms with Crippen LogP contribution in [0.3, 0.4) is 0 Å². The molecule has 1 aromatic rings. The normalized spacial score (nSPS) is 24.6. The van der Waals surface area contributed by atoms with E-state index in [0.717, 1.165) is 25.7 Å². The van der Waals surface area contributed by atoms with E-state index >= 15 is 14.4 Å². The van der Waals surface area contributed by atoms with Gasteiger partial charge in [-0.2, -0.15) is 0 Å². The quantitative estimate of drug-likeness (QED) is 0.0759. The van der Waals surface area contributed by atoms with Gasteiger partial charge in [0.15, 0.2) is 0 Å². The van der Waals surface area contributed by atoms with Crippen molar-refractivity contribution in [2.24, 2.45) is 73.5 Å². The number of carbonyl (C=O) groups excluding carboxylic acids is 4. The smallest absolute Gasteiger partial charge is 0.342 e. The molecule has 0 spiro atoms. The number of hydrogen-bond acceptors (Lipinski definition) is 10. The zero-order valence-electron chi connectivity index (χ0n) is 55.0. The number of rotatable bonds is 22. The molecule has 80 heavy (non-hydrogen) atoms. The molecule has 2 saturated carbocycles. The maximum Gasteiger partial charge on any atom is 0.342 e. The highest BCUT2D eigenvalue weighted by molar-refractivity contribution is 8.01. The Labute approximate surface area is 490 Å². The Morgan fingerprint density at radius 2 is 1.10 bits per heavy atom. The van der Waals surface area contributed by atoms with E-state index in [9.17, 15) is 4.79 Å². The number of esters is 2. The van der Waals surface area contributed by atoms with Gasteiger partial charge in [-0.3, -0.25) is 9.59 Å². The molecule has 5 atom stereocenters. The second-order valence-corrected chi connectivity index (χ2v) is 31.0. The monoisotopic (exact) mass is 1130 g/mol. The third kappa shape index (κ3) is 16.1. The number of methoxy groups -OCH3 is 1. The van der Waals surface area contributed by atoms with E-state index in [2.05, 4.69) is 113 Å². The predicted molar refractivity (Wildman–Crippen MR) is 333 cm³/mol. The second-order valence-electron chi connectivity index (χ2n) is 29.5. The number of thioether (sulfide) groups is 1. The van der Waals surface area contributed by atoms with Crippen molar-refractivity contribution in [3.05, 3.63) is 33.7 Å². The molecule has 0 saturated heterocycles. The summed E-state index contributed by atoms with van der Waals surface area (Å²) in [6, 6.07) is 0. The number of hydrogen-bond donors (Lipinski definition) is 3. The first-order valence-corrected chi connectivity index (χ1v) is 32.0. The fourth-order valence-electron chi connectivity index (χ4n) is 13.6. The number of nitrogens with zero attached hydrogens (tertiary/aromatic N) is 1. The molecule has 456 valence electrons. The molecule has 2 fully saturated rings. The lowest BCUT2D eigenvalue weighted by atomic mass is 9.59. The Bertz CT molecular complexity index is 2320. The Hall–Kier alpha value is -3.42. The largest absolute Gasteiger partial charge is 0.458 e. The van der Waals surface area contributed by atoms with Gasteiger partial charge in [0.05, 0.1) is 29.8 Å². The molecule has 1 aliphatic heterocycles. The summed E-state index contributed by atoms with van der Waals surface area (Å²) in [4.78, 5) is 70.0. The Morgan fingerprint density at radius 3 is 1.49 bits per heavy atom. The fraction of sp³-hybridized carbons (Fsp3) is 0.806. The molecule has 3 N–H and O–H groups in total. The van der Waals surface area contributed by atoms with E-state index in [-0.39, 0.29) is 110 Å². The Kier molecular flexibility index (Phi) is 23.8. The van der Waals surface area contributed by atoms with Gasteiger partial charge in [0.1, 0.15) is 35.0 Å². The lowest BCUT2D eigenvalue weighted by molar-refractivity contribution is -0.164. The molecular weight excluding hydrogens is 1020 g/mol. The molecule has 0 radical (unpaired) electrons. The zero-order chi connectivity index (χ0) is 60.8. The van der Waals surface area contributed by atoms with Crippen molar-refractivity contribution in [1.82, 2.24) is 10.3 Å². The number of amides is 2. The number of allylic oxidation sites excluding steroid dienone is 1. The standard InChI is InChI=1S/C67H114N4O8S/c1-26-66(27-2,28-3)60(74)70-56-52(58(72)78-54-44(62(13,14)15)33-41(10)34-45(54)63(16,17)18)50(39(6)7)48(68-56)37-49-51(40(8)9)53(59(73)79-55-46(64(19,20)21)35-42(11)36-47(55)65(22,23)24)57(69-49)71-61(75)67(29-4,30-5)80-32-31-77-43(12)38-76-25/h37,39-47,54-55,69H,26-36,38H2,1-25H3,(H,71,75)(H,68,70,74). The van der Waals surface area contributed by atoms with Crippen LogP contribution < -0.4 is 10.6 Å². The Balaban J connectivity index is 2.08. The molecule has 3 aliphatic rings. The van der Waals surface area contributed by atoms with E-state index in [0.29, 0.717) is 85.4 Å². The molecule has 1 aromatic heterocycles. The van der Waals surface area contributed by atoms with Crippen molar-refractivity contribution < 1.29 is 38.1 Å². The number of carbonyl (C=O) groups is 4. The number of nitrogens with one attached hydrogen (secondary N) is 3. The highest BCUT2D eigenvalue weighted by atomic mass is 32.2. The van der Waals surface area contributed by atoms with Crippen LogP contribution in [0, 0.1) is 68.5 Å². The number of ether oxygens (including phenoxy) is 4. The van der Waals surface area contributed by atoms with Crippen LogP contribution in [0.5, 0.6) is 0 Å². The van der Waals surface area contributed by atoms with Crippen LogP contribution in [0.4, 0.5) is 5.82 Å². The van der Waals surface area contributed by atoms with Crippen molar-refractivity contribution in [3.8, 4) is 0 Å². The molecule has 2 heterocycles. The average molecular weight is 1140 g/mol. The first-order valence-electron chi connectivity index (χ1n) is 31.0. The first-order chi connectivity index (χ1) is 36.9. The van der Waals surface area contributed by atoms with Gasteiger partial charge in [-0.15, -0.1) is 11.8 Å². The van der Waals surface area contributed by atoms with Gasteiger partial charge in [0.2, 0.25) is 11.8 Å². The molecule has 5 unspecified atom stereocenters. The summed E-state index contributed by atoms with van der Waals surface area (Å²) in [5, 5.41) is 6.53. The summed E-state index contributed by atoms with van der Waals surface area (Å²) < 4.78 is 24.5. The summed E-state index contributed by atoms with van der Waals surface area (Å²) in [5.74, 6) is 0.332. The summed E-state index contributed by atoms with van der Waals surface area (Å²) in [5.41, 5.74) is 1.53. The molecule has 2 aliphatic carbocycles. The minimum Gasteiger partial charge on any atom is -0.458 e. The number of amidine groups is 1. The van der Waals surface area contributed by atoms with Crippen molar-refractivity contribution in [2.75, 3.05) is 31.4 Å². The molecule has 0 bridgehead atoms. The van der Waals surface area contributed by atoms with Crippen molar-refractivity contribution in [1.29, 1.82) is 0 Å². The van der Waals surface area contributed by atoms with Crippen LogP contribution in [0.1, 0.15) is 251 Å².